The van der Waals surface area contributed by atoms with E-state index in [-0.39, 0.29) is 11.7 Å². The summed E-state index contributed by atoms with van der Waals surface area (Å²) in [6.45, 7) is 0. The lowest BCUT2D eigenvalue weighted by Crippen LogP contribution is -2.48. The van der Waals surface area contributed by atoms with Gasteiger partial charge in [0.15, 0.2) is 11.6 Å². The Morgan fingerprint density at radius 2 is 2.10 bits per heavy atom. The van der Waals surface area contributed by atoms with Crippen LogP contribution in [0.2, 0.25) is 0 Å². The van der Waals surface area contributed by atoms with Crippen LogP contribution in [0.3, 0.4) is 0 Å². The largest absolute Gasteiger partial charge is 0.494 e. The number of carbonyl (C=O) groups excluding carboxylic acids is 1. The van der Waals surface area contributed by atoms with Crippen LogP contribution in [0.1, 0.15) is 42.5 Å². The van der Waals surface area contributed by atoms with Gasteiger partial charge in [0, 0.05) is 5.56 Å². The van der Waals surface area contributed by atoms with Crippen molar-refractivity contribution in [3.63, 3.8) is 0 Å². The highest BCUT2D eigenvalue weighted by Gasteiger charge is 2.33. The van der Waals surface area contributed by atoms with Crippen LogP contribution in [0.25, 0.3) is 0 Å². The minimum Gasteiger partial charge on any atom is -0.494 e. The second-order valence-corrected chi connectivity index (χ2v) is 5.06. The fraction of sp³-hybridized carbons (Fsp3) is 0.467. The SMILES string of the molecule is COc1cc(C(=O)NC2(C#N)CCCCC2)ccc1F. The molecular formula is C15H17FN2O2. The van der Waals surface area contributed by atoms with Gasteiger partial charge in [0.05, 0.1) is 13.2 Å². The molecule has 0 saturated heterocycles. The van der Waals surface area contributed by atoms with E-state index in [2.05, 4.69) is 11.4 Å². The first-order chi connectivity index (χ1) is 9.60. The highest BCUT2D eigenvalue weighted by atomic mass is 19.1. The van der Waals surface area contributed by atoms with E-state index in [9.17, 15) is 14.4 Å². The Morgan fingerprint density at radius 1 is 1.40 bits per heavy atom. The zero-order chi connectivity index (χ0) is 14.6. The Bertz CT molecular complexity index is 545. The number of benzene rings is 1. The van der Waals surface area contributed by atoms with Gasteiger partial charge in [-0.15, -0.1) is 0 Å². The Balaban J connectivity index is 2.17. The first-order valence-electron chi connectivity index (χ1n) is 6.67. The van der Waals surface area contributed by atoms with Gasteiger partial charge in [0.2, 0.25) is 0 Å². The van der Waals surface area contributed by atoms with Crippen molar-refractivity contribution in [3.8, 4) is 11.8 Å². The molecule has 1 aliphatic rings. The summed E-state index contributed by atoms with van der Waals surface area (Å²) in [6.07, 6.45) is 4.27. The van der Waals surface area contributed by atoms with E-state index < -0.39 is 11.4 Å². The molecule has 1 aromatic rings. The minimum absolute atomic E-state index is 0.0206. The third-order valence-electron chi connectivity index (χ3n) is 3.69. The van der Waals surface area contributed by atoms with Crippen molar-refractivity contribution < 1.29 is 13.9 Å². The van der Waals surface area contributed by atoms with Gasteiger partial charge >= 0.3 is 0 Å². The smallest absolute Gasteiger partial charge is 0.252 e. The number of nitriles is 1. The average molecular weight is 276 g/mol. The Morgan fingerprint density at radius 3 is 2.70 bits per heavy atom. The van der Waals surface area contributed by atoms with Crippen LogP contribution in [-0.2, 0) is 0 Å². The molecule has 0 aromatic heterocycles. The lowest BCUT2D eigenvalue weighted by Gasteiger charge is -2.31. The Labute approximate surface area is 117 Å². The van der Waals surface area contributed by atoms with Gasteiger partial charge in [-0.25, -0.2) is 4.39 Å². The van der Waals surface area contributed by atoms with Gasteiger partial charge in [-0.2, -0.15) is 5.26 Å². The fourth-order valence-electron chi connectivity index (χ4n) is 2.51. The zero-order valence-corrected chi connectivity index (χ0v) is 11.4. The molecule has 5 heteroatoms. The quantitative estimate of drug-likeness (QED) is 0.923. The molecule has 0 bridgehead atoms. The van der Waals surface area contributed by atoms with E-state index in [0.717, 1.165) is 19.3 Å². The molecule has 1 amide bonds. The first-order valence-corrected chi connectivity index (χ1v) is 6.67. The molecular weight excluding hydrogens is 259 g/mol. The summed E-state index contributed by atoms with van der Waals surface area (Å²) in [5.41, 5.74) is -0.500. The summed E-state index contributed by atoms with van der Waals surface area (Å²) in [6, 6.07) is 6.14. The molecule has 2 rings (SSSR count). The second kappa shape index (κ2) is 5.91. The zero-order valence-electron chi connectivity index (χ0n) is 11.4. The minimum atomic E-state index is -0.795. The van der Waals surface area contributed by atoms with Gasteiger partial charge in [0.1, 0.15) is 5.54 Å². The van der Waals surface area contributed by atoms with E-state index >= 15 is 0 Å². The molecule has 1 saturated carbocycles. The number of halogens is 1. The average Bonchev–Trinajstić information content (AvgIpc) is 2.48. The molecule has 0 heterocycles. The summed E-state index contributed by atoms with van der Waals surface area (Å²) in [5.74, 6) is -0.865. The lowest BCUT2D eigenvalue weighted by molar-refractivity contribution is 0.0902. The maximum Gasteiger partial charge on any atom is 0.252 e. The second-order valence-electron chi connectivity index (χ2n) is 5.06. The monoisotopic (exact) mass is 276 g/mol. The van der Waals surface area contributed by atoms with Crippen LogP contribution >= 0.6 is 0 Å². The third kappa shape index (κ3) is 2.90. The maximum absolute atomic E-state index is 13.3. The molecule has 0 aliphatic heterocycles. The number of methoxy groups -OCH3 is 1. The van der Waals surface area contributed by atoms with Crippen LogP contribution in [0.5, 0.6) is 5.75 Å². The molecule has 1 aliphatic carbocycles. The predicted octanol–water partition coefficient (Wildman–Crippen LogP) is 2.79. The molecule has 0 radical (unpaired) electrons. The summed E-state index contributed by atoms with van der Waals surface area (Å²) < 4.78 is 18.2. The number of nitrogens with one attached hydrogen (secondary N) is 1. The van der Waals surface area contributed by atoms with Crippen LogP contribution < -0.4 is 10.1 Å². The van der Waals surface area contributed by atoms with Gasteiger partial charge in [-0.1, -0.05) is 19.3 Å². The summed E-state index contributed by atoms with van der Waals surface area (Å²) in [7, 11) is 1.35. The van der Waals surface area contributed by atoms with Gasteiger partial charge in [0.25, 0.3) is 5.91 Å². The highest BCUT2D eigenvalue weighted by Crippen LogP contribution is 2.28. The molecule has 20 heavy (non-hydrogen) atoms. The van der Waals surface area contributed by atoms with Crippen LogP contribution in [-0.4, -0.2) is 18.6 Å². The predicted molar refractivity (Wildman–Crippen MR) is 71.8 cm³/mol. The van der Waals surface area contributed by atoms with Crippen LogP contribution in [0.4, 0.5) is 4.39 Å². The van der Waals surface area contributed by atoms with Crippen molar-refractivity contribution in [1.82, 2.24) is 5.32 Å². The number of hydrogen-bond acceptors (Lipinski definition) is 3. The van der Waals surface area contributed by atoms with E-state index in [1.54, 1.807) is 0 Å². The van der Waals surface area contributed by atoms with E-state index in [4.69, 9.17) is 4.74 Å². The summed E-state index contributed by atoms with van der Waals surface area (Å²) >= 11 is 0. The van der Waals surface area contributed by atoms with Gasteiger partial charge in [-0.3, -0.25) is 4.79 Å². The number of carbonyl (C=O) groups is 1. The molecule has 0 atom stereocenters. The van der Waals surface area contributed by atoms with E-state index in [1.807, 2.05) is 0 Å². The normalized spacial score (nSPS) is 17.1. The van der Waals surface area contributed by atoms with Crippen molar-refractivity contribution in [2.75, 3.05) is 7.11 Å². The molecule has 0 unspecified atom stereocenters. The molecule has 106 valence electrons. The van der Waals surface area contributed by atoms with Crippen molar-refractivity contribution in [2.45, 2.75) is 37.6 Å². The molecule has 1 fully saturated rings. The molecule has 4 nitrogen and oxygen atoms in total. The molecule has 0 spiro atoms. The number of amides is 1. The lowest BCUT2D eigenvalue weighted by atomic mass is 9.82. The van der Waals surface area contributed by atoms with Crippen molar-refractivity contribution in [1.29, 1.82) is 5.26 Å². The topological polar surface area (TPSA) is 62.1 Å². The third-order valence-corrected chi connectivity index (χ3v) is 3.69. The first kappa shape index (κ1) is 14.3. The number of nitrogens with zero attached hydrogens (tertiary/aromatic N) is 1. The number of hydrogen-bond donors (Lipinski definition) is 1. The fourth-order valence-corrected chi connectivity index (χ4v) is 2.51. The van der Waals surface area contributed by atoms with E-state index in [0.29, 0.717) is 18.4 Å². The molecule has 1 N–H and O–H groups in total. The van der Waals surface area contributed by atoms with E-state index in [1.165, 1.54) is 25.3 Å². The highest BCUT2D eigenvalue weighted by molar-refractivity contribution is 5.95. The molecule has 1 aromatic carbocycles. The standard InChI is InChI=1S/C15H17FN2O2/c1-20-13-9-11(5-6-12(13)16)14(19)18-15(10-17)7-3-2-4-8-15/h5-6,9H,2-4,7-8H2,1H3,(H,18,19). The number of rotatable bonds is 3. The Kier molecular flexibility index (Phi) is 4.23. The summed E-state index contributed by atoms with van der Waals surface area (Å²) in [5, 5.41) is 12.1. The Hall–Kier alpha value is -2.09. The van der Waals surface area contributed by atoms with Crippen LogP contribution in [0.15, 0.2) is 18.2 Å². The number of ether oxygens (including phenoxy) is 1. The van der Waals surface area contributed by atoms with Crippen molar-refractivity contribution in [3.05, 3.63) is 29.6 Å². The maximum atomic E-state index is 13.3. The van der Waals surface area contributed by atoms with Gasteiger partial charge < -0.3 is 10.1 Å². The van der Waals surface area contributed by atoms with Crippen molar-refractivity contribution >= 4 is 5.91 Å². The van der Waals surface area contributed by atoms with Crippen molar-refractivity contribution in [2.24, 2.45) is 0 Å². The summed E-state index contributed by atoms with van der Waals surface area (Å²) in [4.78, 5) is 12.2. The van der Waals surface area contributed by atoms with Crippen LogP contribution in [0, 0.1) is 17.1 Å². The van der Waals surface area contributed by atoms with Gasteiger partial charge in [-0.05, 0) is 31.0 Å².